The SMILES string of the molecule is CCC(=O)c1ccc(C(C)=O)cn1. The van der Waals surface area contributed by atoms with Crippen LogP contribution in [0.4, 0.5) is 0 Å². The molecule has 0 atom stereocenters. The number of aromatic nitrogens is 1. The summed E-state index contributed by atoms with van der Waals surface area (Å²) < 4.78 is 0. The molecule has 0 unspecified atom stereocenters. The van der Waals surface area contributed by atoms with Gasteiger partial charge in [-0.05, 0) is 19.1 Å². The van der Waals surface area contributed by atoms with Gasteiger partial charge in [-0.3, -0.25) is 14.6 Å². The molecule has 0 aliphatic heterocycles. The molecule has 0 radical (unpaired) electrons. The van der Waals surface area contributed by atoms with Gasteiger partial charge in [0.05, 0.1) is 0 Å². The number of carbonyl (C=O) groups is 2. The molecule has 13 heavy (non-hydrogen) atoms. The zero-order valence-corrected chi connectivity index (χ0v) is 7.70. The Balaban J connectivity index is 2.93. The van der Waals surface area contributed by atoms with Gasteiger partial charge in [0.15, 0.2) is 11.6 Å². The Morgan fingerprint density at radius 2 is 2.08 bits per heavy atom. The van der Waals surface area contributed by atoms with Crippen LogP contribution in [0.3, 0.4) is 0 Å². The molecule has 1 heterocycles. The van der Waals surface area contributed by atoms with Crippen LogP contribution in [0.15, 0.2) is 18.3 Å². The highest BCUT2D eigenvalue weighted by molar-refractivity contribution is 5.96. The van der Waals surface area contributed by atoms with Crippen LogP contribution in [0, 0.1) is 0 Å². The van der Waals surface area contributed by atoms with Gasteiger partial charge >= 0.3 is 0 Å². The third kappa shape index (κ3) is 2.21. The van der Waals surface area contributed by atoms with Crippen molar-refractivity contribution in [3.63, 3.8) is 0 Å². The van der Waals surface area contributed by atoms with Gasteiger partial charge < -0.3 is 0 Å². The summed E-state index contributed by atoms with van der Waals surface area (Å²) in [6, 6.07) is 3.21. The van der Waals surface area contributed by atoms with Crippen LogP contribution < -0.4 is 0 Å². The van der Waals surface area contributed by atoms with E-state index < -0.39 is 0 Å². The Kier molecular flexibility index (Phi) is 2.90. The fraction of sp³-hybridized carbons (Fsp3) is 0.300. The largest absolute Gasteiger partial charge is 0.294 e. The molecule has 1 aromatic rings. The van der Waals surface area contributed by atoms with Crippen LogP contribution in [-0.4, -0.2) is 16.6 Å². The second-order valence-corrected chi connectivity index (χ2v) is 2.77. The molecule has 0 saturated carbocycles. The van der Waals surface area contributed by atoms with Crippen LogP contribution in [-0.2, 0) is 0 Å². The molecule has 0 amide bonds. The van der Waals surface area contributed by atoms with Crippen LogP contribution in [0.2, 0.25) is 0 Å². The molecular formula is C10H11NO2. The quantitative estimate of drug-likeness (QED) is 0.662. The van der Waals surface area contributed by atoms with Gasteiger partial charge in [-0.15, -0.1) is 0 Å². The summed E-state index contributed by atoms with van der Waals surface area (Å²) in [6.07, 6.45) is 1.87. The van der Waals surface area contributed by atoms with E-state index in [4.69, 9.17) is 0 Å². The predicted molar refractivity (Wildman–Crippen MR) is 48.9 cm³/mol. The van der Waals surface area contributed by atoms with Crippen molar-refractivity contribution in [2.75, 3.05) is 0 Å². The number of pyridine rings is 1. The Labute approximate surface area is 76.8 Å². The van der Waals surface area contributed by atoms with Gasteiger partial charge in [0.1, 0.15) is 5.69 Å². The second kappa shape index (κ2) is 3.94. The molecule has 0 spiro atoms. The summed E-state index contributed by atoms with van der Waals surface area (Å²) in [5, 5.41) is 0. The van der Waals surface area contributed by atoms with Crippen LogP contribution in [0.5, 0.6) is 0 Å². The number of rotatable bonds is 3. The van der Waals surface area contributed by atoms with E-state index in [2.05, 4.69) is 4.98 Å². The Hall–Kier alpha value is -1.51. The summed E-state index contributed by atoms with van der Waals surface area (Å²) in [6.45, 7) is 3.25. The minimum absolute atomic E-state index is 0.00454. The predicted octanol–water partition coefficient (Wildman–Crippen LogP) is 1.88. The van der Waals surface area contributed by atoms with Crippen molar-refractivity contribution < 1.29 is 9.59 Å². The summed E-state index contributed by atoms with van der Waals surface area (Å²) >= 11 is 0. The Morgan fingerprint density at radius 3 is 2.46 bits per heavy atom. The van der Waals surface area contributed by atoms with Gasteiger partial charge in [-0.25, -0.2) is 0 Å². The zero-order valence-electron chi connectivity index (χ0n) is 7.70. The lowest BCUT2D eigenvalue weighted by Gasteiger charge is -1.97. The van der Waals surface area contributed by atoms with Gasteiger partial charge in [0.2, 0.25) is 0 Å². The van der Waals surface area contributed by atoms with Crippen molar-refractivity contribution in [3.8, 4) is 0 Å². The lowest BCUT2D eigenvalue weighted by atomic mass is 10.1. The Bertz CT molecular complexity index is 327. The normalized spacial score (nSPS) is 9.69. The molecule has 1 aromatic heterocycles. The maximum Gasteiger partial charge on any atom is 0.180 e. The molecule has 0 aliphatic carbocycles. The molecule has 0 aliphatic rings. The maximum atomic E-state index is 11.1. The average molecular weight is 177 g/mol. The molecule has 0 fully saturated rings. The summed E-state index contributed by atoms with van der Waals surface area (Å²) in [5.74, 6) is -0.0434. The summed E-state index contributed by atoms with van der Waals surface area (Å²) in [4.78, 5) is 25.9. The number of carbonyl (C=O) groups excluding carboxylic acids is 2. The lowest BCUT2D eigenvalue weighted by Crippen LogP contribution is -2.01. The maximum absolute atomic E-state index is 11.1. The summed E-state index contributed by atoms with van der Waals surface area (Å²) in [5.41, 5.74) is 0.958. The van der Waals surface area contributed by atoms with Gasteiger partial charge in [-0.1, -0.05) is 6.92 Å². The zero-order chi connectivity index (χ0) is 9.84. The standard InChI is InChI=1S/C10H11NO2/c1-3-10(13)9-5-4-8(6-11-9)7(2)12/h4-6H,3H2,1-2H3. The fourth-order valence-corrected chi connectivity index (χ4v) is 0.948. The minimum Gasteiger partial charge on any atom is -0.294 e. The lowest BCUT2D eigenvalue weighted by molar-refractivity contribution is 0.0978. The highest BCUT2D eigenvalue weighted by Gasteiger charge is 2.05. The number of hydrogen-bond donors (Lipinski definition) is 0. The molecule has 0 bridgehead atoms. The van der Waals surface area contributed by atoms with Gasteiger partial charge in [-0.2, -0.15) is 0 Å². The van der Waals surface area contributed by atoms with Crippen LogP contribution in [0.1, 0.15) is 41.1 Å². The highest BCUT2D eigenvalue weighted by atomic mass is 16.1. The first-order valence-corrected chi connectivity index (χ1v) is 4.15. The third-order valence-electron chi connectivity index (χ3n) is 1.78. The van der Waals surface area contributed by atoms with Crippen molar-refractivity contribution in [1.82, 2.24) is 4.98 Å². The first-order chi connectivity index (χ1) is 6.15. The van der Waals surface area contributed by atoms with Crippen molar-refractivity contribution in [2.45, 2.75) is 20.3 Å². The van der Waals surface area contributed by atoms with Crippen molar-refractivity contribution >= 4 is 11.6 Å². The first kappa shape index (κ1) is 9.58. The second-order valence-electron chi connectivity index (χ2n) is 2.77. The van der Waals surface area contributed by atoms with Crippen LogP contribution >= 0.6 is 0 Å². The van der Waals surface area contributed by atoms with E-state index in [1.165, 1.54) is 13.1 Å². The fourth-order valence-electron chi connectivity index (χ4n) is 0.948. The molecule has 68 valence electrons. The third-order valence-corrected chi connectivity index (χ3v) is 1.78. The number of hydrogen-bond acceptors (Lipinski definition) is 3. The molecular weight excluding hydrogens is 166 g/mol. The minimum atomic E-state index is -0.0389. The van der Waals surface area contributed by atoms with E-state index in [1.54, 1.807) is 19.1 Å². The number of ketones is 2. The highest BCUT2D eigenvalue weighted by Crippen LogP contribution is 2.03. The monoisotopic (exact) mass is 177 g/mol. The van der Waals surface area contributed by atoms with E-state index in [0.29, 0.717) is 17.7 Å². The molecule has 0 aromatic carbocycles. The van der Waals surface area contributed by atoms with Crippen molar-refractivity contribution in [2.24, 2.45) is 0 Å². The molecule has 0 N–H and O–H groups in total. The topological polar surface area (TPSA) is 47.0 Å². The van der Waals surface area contributed by atoms with E-state index in [1.807, 2.05) is 0 Å². The van der Waals surface area contributed by atoms with Crippen molar-refractivity contribution in [1.29, 1.82) is 0 Å². The van der Waals surface area contributed by atoms with E-state index in [-0.39, 0.29) is 11.6 Å². The van der Waals surface area contributed by atoms with Gasteiger partial charge in [0, 0.05) is 18.2 Å². The molecule has 3 heteroatoms. The van der Waals surface area contributed by atoms with Crippen molar-refractivity contribution in [3.05, 3.63) is 29.6 Å². The van der Waals surface area contributed by atoms with E-state index in [9.17, 15) is 9.59 Å². The van der Waals surface area contributed by atoms with E-state index >= 15 is 0 Å². The molecule has 1 rings (SSSR count). The average Bonchev–Trinajstić information content (AvgIpc) is 2.17. The molecule has 0 saturated heterocycles. The first-order valence-electron chi connectivity index (χ1n) is 4.15. The van der Waals surface area contributed by atoms with Gasteiger partial charge in [0.25, 0.3) is 0 Å². The Morgan fingerprint density at radius 1 is 1.38 bits per heavy atom. The van der Waals surface area contributed by atoms with E-state index in [0.717, 1.165) is 0 Å². The smallest absolute Gasteiger partial charge is 0.180 e. The number of Topliss-reactive ketones (excluding diaryl/α,β-unsaturated/α-hetero) is 2. The van der Waals surface area contributed by atoms with Crippen LogP contribution in [0.25, 0.3) is 0 Å². The molecule has 3 nitrogen and oxygen atoms in total. The summed E-state index contributed by atoms with van der Waals surface area (Å²) in [7, 11) is 0. The number of nitrogens with zero attached hydrogens (tertiary/aromatic N) is 1.